The topological polar surface area (TPSA) is 74.3 Å². The van der Waals surface area contributed by atoms with Gasteiger partial charge in [0.2, 0.25) is 6.79 Å². The van der Waals surface area contributed by atoms with Gasteiger partial charge in [-0.3, -0.25) is 4.79 Å². The second-order valence-electron chi connectivity index (χ2n) is 8.98. The van der Waals surface area contributed by atoms with Gasteiger partial charge in [-0.15, -0.1) is 0 Å². The van der Waals surface area contributed by atoms with E-state index in [0.717, 1.165) is 17.1 Å². The fourth-order valence-electron chi connectivity index (χ4n) is 2.89. The smallest absolute Gasteiger partial charge is 0.410 e. The van der Waals surface area contributed by atoms with Gasteiger partial charge in [-0.05, 0) is 72.6 Å². The maximum Gasteiger partial charge on any atom is 0.410 e. The minimum Gasteiger partial charge on any atom is -0.456 e. The Bertz CT molecular complexity index is 737. The highest BCUT2D eigenvalue weighted by Crippen LogP contribution is 2.33. The van der Waals surface area contributed by atoms with Crippen molar-refractivity contribution >= 4 is 12.1 Å². The lowest BCUT2D eigenvalue weighted by Crippen LogP contribution is -2.43. The van der Waals surface area contributed by atoms with E-state index in [9.17, 15) is 9.59 Å². The molecule has 1 unspecified atom stereocenters. The van der Waals surface area contributed by atoms with Gasteiger partial charge in [0.15, 0.2) is 11.5 Å². The number of carbonyl (C=O) groups excluding carboxylic acids is 2. The van der Waals surface area contributed by atoms with Crippen LogP contribution in [0.5, 0.6) is 11.5 Å². The number of ether oxygens (including phenoxy) is 4. The van der Waals surface area contributed by atoms with Crippen LogP contribution in [-0.2, 0) is 20.7 Å². The molecule has 1 amide bonds. The van der Waals surface area contributed by atoms with Gasteiger partial charge in [-0.2, -0.15) is 0 Å². The van der Waals surface area contributed by atoms with E-state index in [0.29, 0.717) is 13.0 Å². The normalized spacial score (nSPS) is 14.3. The maximum absolute atomic E-state index is 12.6. The molecule has 2 rings (SSSR count). The lowest BCUT2D eigenvalue weighted by molar-refractivity contribution is -0.170. The summed E-state index contributed by atoms with van der Waals surface area (Å²) in [5.74, 6) is 1.13. The Labute approximate surface area is 173 Å². The summed E-state index contributed by atoms with van der Waals surface area (Å²) in [7, 11) is 0. The molecule has 0 spiro atoms. The molecule has 162 valence electrons. The van der Waals surface area contributed by atoms with Crippen LogP contribution in [0.3, 0.4) is 0 Å². The van der Waals surface area contributed by atoms with E-state index in [2.05, 4.69) is 0 Å². The van der Waals surface area contributed by atoms with Crippen LogP contribution in [0.2, 0.25) is 0 Å². The average Bonchev–Trinajstić information content (AvgIpc) is 3.07. The Morgan fingerprint density at radius 3 is 2.41 bits per heavy atom. The molecule has 0 saturated carbocycles. The Morgan fingerprint density at radius 1 is 1.14 bits per heavy atom. The van der Waals surface area contributed by atoms with Crippen molar-refractivity contribution in [1.29, 1.82) is 0 Å². The molecule has 29 heavy (non-hydrogen) atoms. The first kappa shape index (κ1) is 22.8. The SMILES string of the molecule is CCN(C(=O)OCC(C)(C)OC(=O)C(C)(C)C)C(C)Cc1ccc2c(c1)OCO2. The predicted molar refractivity (Wildman–Crippen MR) is 109 cm³/mol. The second kappa shape index (κ2) is 8.93. The van der Waals surface area contributed by atoms with Crippen LogP contribution in [0.15, 0.2) is 18.2 Å². The third-order valence-electron chi connectivity index (χ3n) is 4.60. The molecule has 1 aromatic carbocycles. The van der Waals surface area contributed by atoms with Crippen LogP contribution < -0.4 is 9.47 Å². The zero-order valence-electron chi connectivity index (χ0n) is 18.5. The van der Waals surface area contributed by atoms with E-state index in [1.165, 1.54) is 0 Å². The first-order valence-corrected chi connectivity index (χ1v) is 9.98. The summed E-state index contributed by atoms with van der Waals surface area (Å²) < 4.78 is 21.7. The second-order valence-corrected chi connectivity index (χ2v) is 8.98. The maximum atomic E-state index is 12.6. The van der Waals surface area contributed by atoms with Crippen molar-refractivity contribution in [3.05, 3.63) is 23.8 Å². The molecule has 0 N–H and O–H groups in total. The van der Waals surface area contributed by atoms with E-state index < -0.39 is 17.1 Å². The Kier molecular flexibility index (Phi) is 7.03. The van der Waals surface area contributed by atoms with Gasteiger partial charge < -0.3 is 23.8 Å². The van der Waals surface area contributed by atoms with Crippen LogP contribution >= 0.6 is 0 Å². The number of fused-ring (bicyclic) bond motifs is 1. The molecule has 0 aliphatic carbocycles. The van der Waals surface area contributed by atoms with E-state index in [1.54, 1.807) is 39.5 Å². The molecule has 7 nitrogen and oxygen atoms in total. The fourth-order valence-corrected chi connectivity index (χ4v) is 2.89. The molecule has 0 saturated heterocycles. The molecule has 1 aliphatic heterocycles. The van der Waals surface area contributed by atoms with Crippen molar-refractivity contribution in [3.8, 4) is 11.5 Å². The summed E-state index contributed by atoms with van der Waals surface area (Å²) >= 11 is 0. The highest BCUT2D eigenvalue weighted by atomic mass is 16.7. The van der Waals surface area contributed by atoms with Gasteiger partial charge in [0.25, 0.3) is 0 Å². The van der Waals surface area contributed by atoms with Crippen LogP contribution in [0.1, 0.15) is 54.0 Å². The number of esters is 1. The van der Waals surface area contributed by atoms with Crippen molar-refractivity contribution in [2.24, 2.45) is 5.41 Å². The number of hydrogen-bond acceptors (Lipinski definition) is 6. The summed E-state index contributed by atoms with van der Waals surface area (Å²) in [5.41, 5.74) is -0.469. The zero-order valence-corrected chi connectivity index (χ0v) is 18.5. The van der Waals surface area contributed by atoms with Gasteiger partial charge in [0, 0.05) is 12.6 Å². The van der Waals surface area contributed by atoms with Crippen molar-refractivity contribution in [1.82, 2.24) is 4.90 Å². The highest BCUT2D eigenvalue weighted by Gasteiger charge is 2.32. The van der Waals surface area contributed by atoms with E-state index in [4.69, 9.17) is 18.9 Å². The monoisotopic (exact) mass is 407 g/mol. The molecule has 1 aliphatic rings. The molecular weight excluding hydrogens is 374 g/mol. The summed E-state index contributed by atoms with van der Waals surface area (Å²) in [5, 5.41) is 0. The number of carbonyl (C=O) groups is 2. The molecule has 0 radical (unpaired) electrons. The summed E-state index contributed by atoms with van der Waals surface area (Å²) in [4.78, 5) is 26.4. The van der Waals surface area contributed by atoms with Gasteiger partial charge in [-0.25, -0.2) is 4.79 Å². The Hall–Kier alpha value is -2.44. The minimum absolute atomic E-state index is 0.0130. The highest BCUT2D eigenvalue weighted by molar-refractivity contribution is 5.75. The van der Waals surface area contributed by atoms with Gasteiger partial charge in [-0.1, -0.05) is 6.07 Å². The first-order valence-electron chi connectivity index (χ1n) is 9.98. The summed E-state index contributed by atoms with van der Waals surface area (Å²) in [6.07, 6.45) is 0.225. The number of benzene rings is 1. The lowest BCUT2D eigenvalue weighted by atomic mass is 9.97. The first-order chi connectivity index (χ1) is 13.4. The van der Waals surface area contributed by atoms with Gasteiger partial charge in [0.05, 0.1) is 5.41 Å². The number of likely N-dealkylation sites (N-methyl/N-ethyl adjacent to an activating group) is 1. The van der Waals surface area contributed by atoms with Gasteiger partial charge in [0.1, 0.15) is 12.2 Å². The van der Waals surface area contributed by atoms with Crippen molar-refractivity contribution in [2.45, 2.75) is 66.5 Å². The molecule has 0 fully saturated rings. The quantitative estimate of drug-likeness (QED) is 0.632. The Morgan fingerprint density at radius 2 is 1.79 bits per heavy atom. The number of nitrogens with zero attached hydrogens (tertiary/aromatic N) is 1. The largest absolute Gasteiger partial charge is 0.456 e. The van der Waals surface area contributed by atoms with Crippen molar-refractivity contribution < 1.29 is 28.5 Å². The fraction of sp³-hybridized carbons (Fsp3) is 0.636. The third kappa shape index (κ3) is 6.27. The minimum atomic E-state index is -0.903. The number of rotatable bonds is 7. The lowest BCUT2D eigenvalue weighted by Gasteiger charge is -2.31. The van der Waals surface area contributed by atoms with Crippen LogP contribution in [0.25, 0.3) is 0 Å². The third-order valence-corrected chi connectivity index (χ3v) is 4.60. The number of amides is 1. The summed E-state index contributed by atoms with van der Waals surface area (Å²) in [6, 6.07) is 5.71. The molecule has 1 aromatic rings. The standard InChI is InChI=1S/C22H33NO6/c1-8-23(15(2)11-16-9-10-17-18(12-16)28-14-27-17)20(25)26-13-22(6,7)29-19(24)21(3,4)5/h9-10,12,15H,8,11,13-14H2,1-7H3. The summed E-state index contributed by atoms with van der Waals surface area (Å²) in [6.45, 7) is 13.4. The molecule has 1 atom stereocenters. The molecule has 1 heterocycles. The average molecular weight is 408 g/mol. The zero-order chi connectivity index (χ0) is 21.8. The number of hydrogen-bond donors (Lipinski definition) is 0. The van der Waals surface area contributed by atoms with Gasteiger partial charge >= 0.3 is 12.1 Å². The van der Waals surface area contributed by atoms with Crippen LogP contribution in [0, 0.1) is 5.41 Å². The van der Waals surface area contributed by atoms with E-state index >= 15 is 0 Å². The Balaban J connectivity index is 1.92. The van der Waals surface area contributed by atoms with Crippen molar-refractivity contribution in [2.75, 3.05) is 19.9 Å². The molecule has 0 aromatic heterocycles. The van der Waals surface area contributed by atoms with Crippen molar-refractivity contribution in [3.63, 3.8) is 0 Å². The van der Waals surface area contributed by atoms with E-state index in [1.807, 2.05) is 32.0 Å². The van der Waals surface area contributed by atoms with E-state index in [-0.39, 0.29) is 25.4 Å². The molecule has 0 bridgehead atoms. The van der Waals surface area contributed by atoms with Crippen LogP contribution in [-0.4, -0.2) is 48.5 Å². The molecule has 7 heteroatoms. The van der Waals surface area contributed by atoms with Crippen LogP contribution in [0.4, 0.5) is 4.79 Å². The molecular formula is C22H33NO6. The predicted octanol–water partition coefficient (Wildman–Crippen LogP) is 4.17.